The van der Waals surface area contributed by atoms with Gasteiger partial charge in [0.05, 0.1) is 17.0 Å². The topological polar surface area (TPSA) is 55.1 Å². The van der Waals surface area contributed by atoms with Gasteiger partial charge >= 0.3 is 0 Å². The van der Waals surface area contributed by atoms with Crippen LogP contribution < -0.4 is 5.32 Å². The van der Waals surface area contributed by atoms with E-state index in [1.807, 2.05) is 26.0 Å². The minimum Gasteiger partial charge on any atom is -0.469 e. The fraction of sp³-hybridized carbons (Fsp3) is 0.467. The average Bonchev–Trinajstić information content (AvgIpc) is 2.98. The monoisotopic (exact) mass is 292 g/mol. The number of amides is 1. The third-order valence-corrected chi connectivity index (χ3v) is 4.43. The van der Waals surface area contributed by atoms with Gasteiger partial charge in [0.15, 0.2) is 0 Å². The summed E-state index contributed by atoms with van der Waals surface area (Å²) in [5.74, 6) is 1.17. The maximum Gasteiger partial charge on any atom is 0.263 e. The number of nitrogens with zero attached hydrogens (tertiary/aromatic N) is 1. The van der Waals surface area contributed by atoms with Crippen LogP contribution in [0.15, 0.2) is 22.8 Å². The van der Waals surface area contributed by atoms with E-state index in [0.717, 1.165) is 16.5 Å². The molecule has 0 fully saturated rings. The highest BCUT2D eigenvalue weighted by Crippen LogP contribution is 2.24. The maximum absolute atomic E-state index is 12.3. The van der Waals surface area contributed by atoms with Crippen molar-refractivity contribution in [2.24, 2.45) is 0 Å². The summed E-state index contributed by atoms with van der Waals surface area (Å²) >= 11 is 1.48. The number of hydrogen-bond donors (Lipinski definition) is 1. The second-order valence-electron chi connectivity index (χ2n) is 5.28. The zero-order valence-electron chi connectivity index (χ0n) is 12.3. The van der Waals surface area contributed by atoms with E-state index < -0.39 is 0 Å². The molecule has 0 radical (unpaired) electrons. The number of carbonyl (C=O) groups excluding carboxylic acids is 1. The van der Waals surface area contributed by atoms with E-state index in [1.54, 1.807) is 6.26 Å². The smallest absolute Gasteiger partial charge is 0.263 e. The highest BCUT2D eigenvalue weighted by atomic mass is 32.1. The minimum atomic E-state index is -0.0500. The molecule has 0 aromatic carbocycles. The largest absolute Gasteiger partial charge is 0.469 e. The van der Waals surface area contributed by atoms with Gasteiger partial charge in [0.1, 0.15) is 10.6 Å². The van der Waals surface area contributed by atoms with Crippen molar-refractivity contribution in [2.75, 3.05) is 0 Å². The molecule has 4 nitrogen and oxygen atoms in total. The summed E-state index contributed by atoms with van der Waals surface area (Å²) in [6, 6.07) is 3.79. The molecule has 5 heteroatoms. The number of aromatic nitrogens is 1. The summed E-state index contributed by atoms with van der Waals surface area (Å²) in [7, 11) is 0. The molecule has 2 aromatic rings. The highest BCUT2D eigenvalue weighted by Gasteiger charge is 2.18. The van der Waals surface area contributed by atoms with E-state index in [-0.39, 0.29) is 11.9 Å². The van der Waals surface area contributed by atoms with Crippen LogP contribution in [-0.2, 0) is 6.42 Å². The molecule has 0 saturated heterocycles. The van der Waals surface area contributed by atoms with Gasteiger partial charge in [-0.05, 0) is 26.0 Å². The Morgan fingerprint density at radius 3 is 2.75 bits per heavy atom. The Labute approximate surface area is 123 Å². The quantitative estimate of drug-likeness (QED) is 0.917. The molecule has 20 heavy (non-hydrogen) atoms. The first-order chi connectivity index (χ1) is 9.47. The van der Waals surface area contributed by atoms with Crippen molar-refractivity contribution in [1.29, 1.82) is 0 Å². The van der Waals surface area contributed by atoms with Crippen molar-refractivity contribution in [1.82, 2.24) is 10.3 Å². The van der Waals surface area contributed by atoms with Gasteiger partial charge < -0.3 is 9.73 Å². The van der Waals surface area contributed by atoms with E-state index in [0.29, 0.717) is 17.2 Å². The third kappa shape index (κ3) is 3.48. The first-order valence-corrected chi connectivity index (χ1v) is 7.59. The van der Waals surface area contributed by atoms with Crippen molar-refractivity contribution in [3.05, 3.63) is 39.7 Å². The summed E-state index contributed by atoms with van der Waals surface area (Å²) in [4.78, 5) is 17.4. The molecule has 0 aliphatic heterocycles. The maximum atomic E-state index is 12.3. The first-order valence-electron chi connectivity index (χ1n) is 6.78. The van der Waals surface area contributed by atoms with Crippen LogP contribution in [0.25, 0.3) is 0 Å². The van der Waals surface area contributed by atoms with Crippen LogP contribution >= 0.6 is 11.3 Å². The molecular formula is C15H20N2O2S. The number of nitrogens with one attached hydrogen (secondary N) is 1. The number of thiazole rings is 1. The fourth-order valence-electron chi connectivity index (χ4n) is 1.95. The number of furan rings is 1. The Bertz CT molecular complexity index is 573. The zero-order valence-corrected chi connectivity index (χ0v) is 13.1. The molecule has 0 saturated carbocycles. The van der Waals surface area contributed by atoms with Gasteiger partial charge in [0.2, 0.25) is 0 Å². The normalized spacial score (nSPS) is 12.7. The number of aryl methyl sites for hydroxylation is 1. The van der Waals surface area contributed by atoms with Crippen LogP contribution in [0.5, 0.6) is 0 Å². The molecule has 1 N–H and O–H groups in total. The first kappa shape index (κ1) is 14.8. The molecule has 2 aromatic heterocycles. The van der Waals surface area contributed by atoms with E-state index in [2.05, 4.69) is 24.1 Å². The summed E-state index contributed by atoms with van der Waals surface area (Å²) in [5.41, 5.74) is 0.807. The van der Waals surface area contributed by atoms with Crippen molar-refractivity contribution in [3.8, 4) is 0 Å². The molecule has 1 amide bonds. The summed E-state index contributed by atoms with van der Waals surface area (Å²) in [6.07, 6.45) is 2.33. The van der Waals surface area contributed by atoms with Crippen LogP contribution in [0.2, 0.25) is 0 Å². The zero-order chi connectivity index (χ0) is 14.7. The van der Waals surface area contributed by atoms with Gasteiger partial charge in [-0.2, -0.15) is 0 Å². The number of carbonyl (C=O) groups is 1. The van der Waals surface area contributed by atoms with Crippen LogP contribution in [0, 0.1) is 6.92 Å². The van der Waals surface area contributed by atoms with Crippen molar-refractivity contribution >= 4 is 17.2 Å². The Morgan fingerprint density at radius 2 is 2.20 bits per heavy atom. The Balaban J connectivity index is 2.00. The Hall–Kier alpha value is -1.62. The van der Waals surface area contributed by atoms with Gasteiger partial charge in [-0.15, -0.1) is 11.3 Å². The summed E-state index contributed by atoms with van der Waals surface area (Å²) < 4.78 is 5.29. The SMILES string of the molecule is Cc1nc(C(C)C)sc1C(=O)N[C@H](C)Cc1ccco1. The minimum absolute atomic E-state index is 0.0256. The molecule has 0 unspecified atom stereocenters. The summed E-state index contributed by atoms with van der Waals surface area (Å²) in [5, 5.41) is 4.00. The lowest BCUT2D eigenvalue weighted by atomic mass is 10.2. The van der Waals surface area contributed by atoms with Crippen LogP contribution in [-0.4, -0.2) is 16.9 Å². The lowest BCUT2D eigenvalue weighted by molar-refractivity contribution is 0.0942. The molecular weight excluding hydrogens is 272 g/mol. The van der Waals surface area contributed by atoms with Gasteiger partial charge in [-0.1, -0.05) is 13.8 Å². The van der Waals surface area contributed by atoms with Gasteiger partial charge in [-0.3, -0.25) is 4.79 Å². The molecule has 2 rings (SSSR count). The Morgan fingerprint density at radius 1 is 1.45 bits per heavy atom. The third-order valence-electron chi connectivity index (χ3n) is 2.98. The second-order valence-corrected chi connectivity index (χ2v) is 6.31. The molecule has 0 aliphatic carbocycles. The average molecular weight is 292 g/mol. The molecule has 2 heterocycles. The fourth-order valence-corrected chi connectivity index (χ4v) is 2.92. The predicted molar refractivity (Wildman–Crippen MR) is 80.3 cm³/mol. The van der Waals surface area contributed by atoms with Gasteiger partial charge in [-0.25, -0.2) is 4.98 Å². The lowest BCUT2D eigenvalue weighted by Gasteiger charge is -2.11. The van der Waals surface area contributed by atoms with Crippen molar-refractivity contribution in [3.63, 3.8) is 0 Å². The Kier molecular flexibility index (Phi) is 4.60. The molecule has 1 atom stereocenters. The van der Waals surface area contributed by atoms with E-state index in [9.17, 15) is 4.79 Å². The van der Waals surface area contributed by atoms with Crippen LogP contribution in [0.1, 0.15) is 52.8 Å². The number of hydrogen-bond acceptors (Lipinski definition) is 4. The highest BCUT2D eigenvalue weighted by molar-refractivity contribution is 7.13. The van der Waals surface area contributed by atoms with Crippen LogP contribution in [0.3, 0.4) is 0 Å². The number of rotatable bonds is 5. The molecule has 0 spiro atoms. The van der Waals surface area contributed by atoms with Crippen LogP contribution in [0.4, 0.5) is 0 Å². The lowest BCUT2D eigenvalue weighted by Crippen LogP contribution is -2.33. The van der Waals surface area contributed by atoms with Gasteiger partial charge in [0, 0.05) is 18.4 Å². The van der Waals surface area contributed by atoms with Gasteiger partial charge in [0.25, 0.3) is 5.91 Å². The summed E-state index contributed by atoms with van der Waals surface area (Å²) in [6.45, 7) is 8.02. The predicted octanol–water partition coefficient (Wildman–Crippen LogP) is 3.53. The second kappa shape index (κ2) is 6.22. The molecule has 0 bridgehead atoms. The molecule has 108 valence electrons. The standard InChI is InChI=1S/C15H20N2O2S/c1-9(2)15-17-11(4)13(20-15)14(18)16-10(3)8-12-6-5-7-19-12/h5-7,9-10H,8H2,1-4H3,(H,16,18)/t10-/m1/s1. The van der Waals surface area contributed by atoms with Crippen molar-refractivity contribution < 1.29 is 9.21 Å². The van der Waals surface area contributed by atoms with E-state index in [1.165, 1.54) is 11.3 Å². The van der Waals surface area contributed by atoms with E-state index in [4.69, 9.17) is 4.42 Å². The molecule has 0 aliphatic rings. The van der Waals surface area contributed by atoms with Crippen molar-refractivity contribution in [2.45, 2.75) is 46.1 Å². The van der Waals surface area contributed by atoms with E-state index >= 15 is 0 Å².